The summed E-state index contributed by atoms with van der Waals surface area (Å²) in [5.74, 6) is -1.23. The highest BCUT2D eigenvalue weighted by Crippen LogP contribution is 2.26. The van der Waals surface area contributed by atoms with E-state index >= 15 is 0 Å². The second kappa shape index (κ2) is 5.18. The summed E-state index contributed by atoms with van der Waals surface area (Å²) in [4.78, 5) is 12.3. The molecule has 2 aromatic heterocycles. The molecule has 5 heteroatoms. The van der Waals surface area contributed by atoms with Gasteiger partial charge in [-0.2, -0.15) is 5.10 Å². The van der Waals surface area contributed by atoms with Crippen molar-refractivity contribution in [1.82, 2.24) is 9.78 Å². The molecule has 0 saturated carbocycles. The van der Waals surface area contributed by atoms with Crippen LogP contribution in [0.1, 0.15) is 21.6 Å². The van der Waals surface area contributed by atoms with E-state index in [1.807, 2.05) is 49.6 Å². The molecule has 3 rings (SSSR count). The van der Waals surface area contributed by atoms with Gasteiger partial charge < -0.3 is 9.90 Å². The standard InChI is InChI=1S/C16H14N2O2S/c1-10-5-6-11(2)13(8-10)18-14(16(19)20)9-12(17-18)15-4-3-7-21-15/h3-9H,1-2H3,(H,19,20)/p-1. The highest BCUT2D eigenvalue weighted by Gasteiger charge is 2.14. The van der Waals surface area contributed by atoms with Crippen LogP contribution in [0.5, 0.6) is 0 Å². The Labute approximate surface area is 126 Å². The molecule has 0 amide bonds. The number of benzene rings is 1. The second-order valence-corrected chi connectivity index (χ2v) is 5.83. The fourth-order valence-corrected chi connectivity index (χ4v) is 2.88. The third-order valence-corrected chi connectivity index (χ3v) is 4.18. The van der Waals surface area contributed by atoms with Crippen molar-refractivity contribution in [3.05, 3.63) is 58.6 Å². The van der Waals surface area contributed by atoms with Crippen LogP contribution < -0.4 is 5.11 Å². The molecule has 1 aromatic carbocycles. The van der Waals surface area contributed by atoms with E-state index in [0.717, 1.165) is 21.7 Å². The predicted octanol–water partition coefficient (Wildman–Crippen LogP) is 2.58. The van der Waals surface area contributed by atoms with Gasteiger partial charge in [-0.3, -0.25) is 0 Å². The van der Waals surface area contributed by atoms with E-state index in [4.69, 9.17) is 0 Å². The summed E-state index contributed by atoms with van der Waals surface area (Å²) in [5.41, 5.74) is 3.48. The van der Waals surface area contributed by atoms with Gasteiger partial charge in [-0.1, -0.05) is 18.2 Å². The van der Waals surface area contributed by atoms with Gasteiger partial charge in [-0.15, -0.1) is 11.3 Å². The molecule has 0 unspecified atom stereocenters. The first-order valence-electron chi connectivity index (χ1n) is 6.49. The Balaban J connectivity index is 2.21. The van der Waals surface area contributed by atoms with Gasteiger partial charge >= 0.3 is 0 Å². The van der Waals surface area contributed by atoms with Crippen molar-refractivity contribution in [3.8, 4) is 16.3 Å². The van der Waals surface area contributed by atoms with Crippen molar-refractivity contribution in [2.45, 2.75) is 13.8 Å². The van der Waals surface area contributed by atoms with Gasteiger partial charge in [-0.25, -0.2) is 4.68 Å². The van der Waals surface area contributed by atoms with Gasteiger partial charge in [0.1, 0.15) is 5.69 Å². The van der Waals surface area contributed by atoms with Crippen molar-refractivity contribution >= 4 is 17.3 Å². The molecule has 21 heavy (non-hydrogen) atoms. The number of aromatic carboxylic acids is 1. The smallest absolute Gasteiger partial charge is 0.103 e. The minimum absolute atomic E-state index is 0.0621. The average molecular weight is 297 g/mol. The molecule has 4 nitrogen and oxygen atoms in total. The van der Waals surface area contributed by atoms with Crippen LogP contribution in [0.15, 0.2) is 41.8 Å². The molecule has 3 aromatic rings. The van der Waals surface area contributed by atoms with Crippen molar-refractivity contribution < 1.29 is 9.90 Å². The number of carboxylic acid groups (broad SMARTS) is 1. The van der Waals surface area contributed by atoms with Crippen molar-refractivity contribution in [2.75, 3.05) is 0 Å². The van der Waals surface area contributed by atoms with Crippen molar-refractivity contribution in [1.29, 1.82) is 0 Å². The number of aromatic nitrogens is 2. The molecule has 0 N–H and O–H groups in total. The molecule has 0 saturated heterocycles. The minimum atomic E-state index is -1.23. The summed E-state index contributed by atoms with van der Waals surface area (Å²) in [5, 5.41) is 17.8. The number of nitrogens with zero attached hydrogens (tertiary/aromatic N) is 2. The van der Waals surface area contributed by atoms with Crippen LogP contribution in [0.2, 0.25) is 0 Å². The van der Waals surface area contributed by atoms with E-state index in [2.05, 4.69) is 5.10 Å². The zero-order valence-electron chi connectivity index (χ0n) is 11.7. The van der Waals surface area contributed by atoms with Crippen molar-refractivity contribution in [3.63, 3.8) is 0 Å². The Bertz CT molecular complexity index is 804. The zero-order valence-corrected chi connectivity index (χ0v) is 12.5. The van der Waals surface area contributed by atoms with E-state index in [1.165, 1.54) is 16.0 Å². The van der Waals surface area contributed by atoms with Crippen LogP contribution in [-0.2, 0) is 0 Å². The number of carboxylic acids is 1. The van der Waals surface area contributed by atoms with E-state index in [9.17, 15) is 9.90 Å². The normalized spacial score (nSPS) is 10.8. The number of hydrogen-bond acceptors (Lipinski definition) is 4. The van der Waals surface area contributed by atoms with Gasteiger partial charge in [-0.05, 0) is 48.6 Å². The van der Waals surface area contributed by atoms with Crippen LogP contribution >= 0.6 is 11.3 Å². The lowest BCUT2D eigenvalue weighted by Crippen LogP contribution is -2.25. The molecule has 0 radical (unpaired) electrons. The Hall–Kier alpha value is -2.40. The summed E-state index contributed by atoms with van der Waals surface area (Å²) in [6.07, 6.45) is 0. The zero-order chi connectivity index (χ0) is 15.0. The molecule has 0 aliphatic carbocycles. The van der Waals surface area contributed by atoms with Crippen LogP contribution in [-0.4, -0.2) is 15.7 Å². The summed E-state index contributed by atoms with van der Waals surface area (Å²) in [6.45, 7) is 3.89. The van der Waals surface area contributed by atoms with Crippen LogP contribution in [0.25, 0.3) is 16.3 Å². The summed E-state index contributed by atoms with van der Waals surface area (Å²) < 4.78 is 1.45. The van der Waals surface area contributed by atoms with Gasteiger partial charge in [0.25, 0.3) is 0 Å². The molecule has 0 spiro atoms. The molecule has 0 aliphatic heterocycles. The predicted molar refractivity (Wildman–Crippen MR) is 80.7 cm³/mol. The Morgan fingerprint density at radius 1 is 1.24 bits per heavy atom. The lowest BCUT2D eigenvalue weighted by atomic mass is 10.1. The third kappa shape index (κ3) is 2.48. The molecule has 0 aliphatic rings. The molecular formula is C16H13N2O2S-. The Morgan fingerprint density at radius 3 is 2.71 bits per heavy atom. The van der Waals surface area contributed by atoms with Gasteiger partial charge in [0.15, 0.2) is 0 Å². The number of hydrogen-bond donors (Lipinski definition) is 0. The first kappa shape index (κ1) is 13.6. The Morgan fingerprint density at radius 2 is 2.05 bits per heavy atom. The van der Waals surface area contributed by atoms with E-state index < -0.39 is 5.97 Å². The van der Waals surface area contributed by atoms with Crippen LogP contribution in [0.3, 0.4) is 0 Å². The number of thiophene rings is 1. The van der Waals surface area contributed by atoms with Gasteiger partial charge in [0.2, 0.25) is 0 Å². The van der Waals surface area contributed by atoms with E-state index in [1.54, 1.807) is 6.07 Å². The lowest BCUT2D eigenvalue weighted by Gasteiger charge is -2.11. The Kier molecular flexibility index (Phi) is 3.35. The SMILES string of the molecule is Cc1ccc(C)c(-n2nc(-c3cccs3)cc2C(=O)[O-])c1. The first-order valence-corrected chi connectivity index (χ1v) is 7.37. The molecular weight excluding hydrogens is 284 g/mol. The van der Waals surface area contributed by atoms with Crippen LogP contribution in [0.4, 0.5) is 0 Å². The fraction of sp³-hybridized carbons (Fsp3) is 0.125. The maximum Gasteiger partial charge on any atom is 0.103 e. The molecule has 0 atom stereocenters. The van der Waals surface area contributed by atoms with Crippen molar-refractivity contribution in [2.24, 2.45) is 0 Å². The molecule has 0 fully saturated rings. The fourth-order valence-electron chi connectivity index (χ4n) is 2.20. The maximum absolute atomic E-state index is 11.4. The number of carbonyl (C=O) groups excluding carboxylic acids is 1. The highest BCUT2D eigenvalue weighted by molar-refractivity contribution is 7.13. The number of carbonyl (C=O) groups is 1. The second-order valence-electron chi connectivity index (χ2n) is 4.88. The average Bonchev–Trinajstić information content (AvgIpc) is 3.09. The van der Waals surface area contributed by atoms with Crippen LogP contribution in [0, 0.1) is 13.8 Å². The summed E-state index contributed by atoms with van der Waals surface area (Å²) >= 11 is 1.52. The topological polar surface area (TPSA) is 58.0 Å². The quantitative estimate of drug-likeness (QED) is 0.746. The largest absolute Gasteiger partial charge is 0.543 e. The lowest BCUT2D eigenvalue weighted by molar-refractivity contribution is -0.255. The van der Waals surface area contributed by atoms with Gasteiger partial charge in [0.05, 0.1) is 22.2 Å². The summed E-state index contributed by atoms with van der Waals surface area (Å²) in [7, 11) is 0. The molecule has 0 bridgehead atoms. The van der Waals surface area contributed by atoms with E-state index in [-0.39, 0.29) is 5.69 Å². The monoisotopic (exact) mass is 297 g/mol. The minimum Gasteiger partial charge on any atom is -0.543 e. The third-order valence-electron chi connectivity index (χ3n) is 3.28. The number of rotatable bonds is 3. The van der Waals surface area contributed by atoms with E-state index in [0.29, 0.717) is 5.69 Å². The van der Waals surface area contributed by atoms with Gasteiger partial charge in [0, 0.05) is 0 Å². The highest BCUT2D eigenvalue weighted by atomic mass is 32.1. The molecule has 106 valence electrons. The summed E-state index contributed by atoms with van der Waals surface area (Å²) in [6, 6.07) is 11.3. The number of aryl methyl sites for hydroxylation is 2. The molecule has 2 heterocycles. The first-order chi connectivity index (χ1) is 10.1. The maximum atomic E-state index is 11.4.